The number of hydrogen-bond acceptors (Lipinski definition) is 4. The fourth-order valence-electron chi connectivity index (χ4n) is 2.12. The van der Waals surface area contributed by atoms with Gasteiger partial charge in [-0.3, -0.25) is 14.9 Å². The first-order chi connectivity index (χ1) is 10.6. The molecule has 0 atom stereocenters. The summed E-state index contributed by atoms with van der Waals surface area (Å²) in [5.41, 5.74) is 1.40. The van der Waals surface area contributed by atoms with E-state index in [1.807, 2.05) is 36.5 Å². The standard InChI is InChI=1S/C15H12N4O3/c20-15-7-6-14(19(21)22)11-17(15)10-12-2-4-13(5-3-12)18-9-1-8-16-18/h1-9,11H,10H2. The predicted octanol–water partition coefficient (Wildman–Crippen LogP) is 1.99. The van der Waals surface area contributed by atoms with Gasteiger partial charge in [0.15, 0.2) is 0 Å². The zero-order valence-corrected chi connectivity index (χ0v) is 11.5. The summed E-state index contributed by atoms with van der Waals surface area (Å²) in [4.78, 5) is 22.0. The van der Waals surface area contributed by atoms with Crippen LogP contribution in [0.15, 0.2) is 65.8 Å². The lowest BCUT2D eigenvalue weighted by Gasteiger charge is -2.07. The number of nitrogens with zero attached hydrogens (tertiary/aromatic N) is 4. The molecule has 0 aliphatic rings. The Morgan fingerprint density at radius 3 is 2.55 bits per heavy atom. The third-order valence-electron chi connectivity index (χ3n) is 3.24. The van der Waals surface area contributed by atoms with Crippen LogP contribution in [0.3, 0.4) is 0 Å². The van der Waals surface area contributed by atoms with Gasteiger partial charge >= 0.3 is 0 Å². The highest BCUT2D eigenvalue weighted by atomic mass is 16.6. The lowest BCUT2D eigenvalue weighted by Crippen LogP contribution is -2.19. The van der Waals surface area contributed by atoms with Gasteiger partial charge in [-0.15, -0.1) is 0 Å². The second kappa shape index (κ2) is 5.65. The van der Waals surface area contributed by atoms with Crippen molar-refractivity contribution < 1.29 is 4.92 Å². The van der Waals surface area contributed by atoms with E-state index in [4.69, 9.17) is 0 Å². The highest BCUT2D eigenvalue weighted by Gasteiger charge is 2.08. The van der Waals surface area contributed by atoms with Crippen LogP contribution in [-0.2, 0) is 6.54 Å². The average molecular weight is 296 g/mol. The lowest BCUT2D eigenvalue weighted by atomic mass is 10.2. The summed E-state index contributed by atoms with van der Waals surface area (Å²) >= 11 is 0. The van der Waals surface area contributed by atoms with Crippen LogP contribution in [0.25, 0.3) is 5.69 Å². The zero-order chi connectivity index (χ0) is 15.5. The topological polar surface area (TPSA) is 83.0 Å². The van der Waals surface area contributed by atoms with E-state index in [1.165, 1.54) is 22.9 Å². The minimum atomic E-state index is -0.517. The Hall–Kier alpha value is -3.22. The molecule has 2 aromatic heterocycles. The highest BCUT2D eigenvalue weighted by molar-refractivity contribution is 5.34. The van der Waals surface area contributed by atoms with Gasteiger partial charge in [0, 0.05) is 24.5 Å². The zero-order valence-electron chi connectivity index (χ0n) is 11.5. The number of aromatic nitrogens is 3. The Morgan fingerprint density at radius 1 is 1.14 bits per heavy atom. The van der Waals surface area contributed by atoms with Gasteiger partial charge in [0.1, 0.15) is 0 Å². The van der Waals surface area contributed by atoms with Crippen LogP contribution in [0.4, 0.5) is 5.69 Å². The Bertz CT molecular complexity index is 851. The van der Waals surface area contributed by atoms with Crippen molar-refractivity contribution in [2.45, 2.75) is 6.54 Å². The summed E-state index contributed by atoms with van der Waals surface area (Å²) in [5, 5.41) is 14.9. The van der Waals surface area contributed by atoms with Gasteiger partial charge in [-0.05, 0) is 23.8 Å². The van der Waals surface area contributed by atoms with Crippen LogP contribution >= 0.6 is 0 Å². The number of nitro groups is 1. The molecule has 1 aromatic carbocycles. The van der Waals surface area contributed by atoms with E-state index in [0.717, 1.165) is 11.3 Å². The van der Waals surface area contributed by atoms with E-state index in [2.05, 4.69) is 5.10 Å². The molecule has 110 valence electrons. The molecule has 0 fully saturated rings. The molecule has 7 nitrogen and oxygen atoms in total. The molecule has 0 saturated heterocycles. The Labute approximate surface area is 125 Å². The van der Waals surface area contributed by atoms with Crippen LogP contribution in [0, 0.1) is 10.1 Å². The first-order valence-electron chi connectivity index (χ1n) is 6.57. The van der Waals surface area contributed by atoms with Crippen LogP contribution < -0.4 is 5.56 Å². The first-order valence-corrected chi connectivity index (χ1v) is 6.57. The monoisotopic (exact) mass is 296 g/mol. The maximum Gasteiger partial charge on any atom is 0.285 e. The molecule has 0 aliphatic heterocycles. The first kappa shape index (κ1) is 13.7. The number of pyridine rings is 1. The van der Waals surface area contributed by atoms with Gasteiger partial charge in [0.05, 0.1) is 23.4 Å². The molecular weight excluding hydrogens is 284 g/mol. The van der Waals surface area contributed by atoms with Crippen molar-refractivity contribution in [3.8, 4) is 5.69 Å². The summed E-state index contributed by atoms with van der Waals surface area (Å²) in [6.45, 7) is 0.278. The summed E-state index contributed by atoms with van der Waals surface area (Å²) in [5.74, 6) is 0. The second-order valence-corrected chi connectivity index (χ2v) is 4.73. The second-order valence-electron chi connectivity index (χ2n) is 4.73. The fourth-order valence-corrected chi connectivity index (χ4v) is 2.12. The van der Waals surface area contributed by atoms with E-state index in [0.29, 0.717) is 0 Å². The molecular formula is C15H12N4O3. The van der Waals surface area contributed by atoms with Gasteiger partial charge in [0.2, 0.25) is 0 Å². The van der Waals surface area contributed by atoms with E-state index in [1.54, 1.807) is 10.9 Å². The summed E-state index contributed by atoms with van der Waals surface area (Å²) in [6, 6.07) is 11.7. The molecule has 0 saturated carbocycles. The van der Waals surface area contributed by atoms with Crippen LogP contribution in [0.5, 0.6) is 0 Å². The molecule has 0 bridgehead atoms. The predicted molar refractivity (Wildman–Crippen MR) is 80.0 cm³/mol. The van der Waals surface area contributed by atoms with Gasteiger partial charge in [-0.25, -0.2) is 4.68 Å². The largest absolute Gasteiger partial charge is 0.304 e. The average Bonchev–Trinajstić information content (AvgIpc) is 3.04. The van der Waals surface area contributed by atoms with E-state index < -0.39 is 4.92 Å². The minimum absolute atomic E-state index is 0.104. The maximum atomic E-state index is 11.8. The van der Waals surface area contributed by atoms with Gasteiger partial charge in [-0.2, -0.15) is 5.10 Å². The molecule has 0 aliphatic carbocycles. The number of rotatable bonds is 4. The fraction of sp³-hybridized carbons (Fsp3) is 0.0667. The summed E-state index contributed by atoms with van der Waals surface area (Å²) in [7, 11) is 0. The molecule has 0 spiro atoms. The van der Waals surface area contributed by atoms with Crippen molar-refractivity contribution >= 4 is 5.69 Å². The summed E-state index contributed by atoms with van der Waals surface area (Å²) in [6.07, 6.45) is 4.78. The molecule has 3 rings (SSSR count). The smallest absolute Gasteiger partial charge is 0.285 e. The SMILES string of the molecule is O=c1ccc([N+](=O)[O-])cn1Cc1ccc(-n2cccn2)cc1. The number of benzene rings is 1. The molecule has 7 heteroatoms. The molecule has 3 aromatic rings. The van der Waals surface area contributed by atoms with E-state index in [-0.39, 0.29) is 17.8 Å². The Morgan fingerprint density at radius 2 is 1.91 bits per heavy atom. The minimum Gasteiger partial charge on any atom is -0.304 e. The third kappa shape index (κ3) is 2.78. The molecule has 0 N–H and O–H groups in total. The third-order valence-corrected chi connectivity index (χ3v) is 3.24. The van der Waals surface area contributed by atoms with Crippen LogP contribution in [0.2, 0.25) is 0 Å². The molecule has 22 heavy (non-hydrogen) atoms. The quantitative estimate of drug-likeness (QED) is 0.544. The Kier molecular flexibility index (Phi) is 3.53. The van der Waals surface area contributed by atoms with Crippen molar-refractivity contribution in [1.82, 2.24) is 14.3 Å². The number of hydrogen-bond donors (Lipinski definition) is 0. The maximum absolute atomic E-state index is 11.8. The van der Waals surface area contributed by atoms with Gasteiger partial charge in [0.25, 0.3) is 11.2 Å². The van der Waals surface area contributed by atoms with Crippen molar-refractivity contribution in [1.29, 1.82) is 0 Å². The molecule has 2 heterocycles. The van der Waals surface area contributed by atoms with E-state index in [9.17, 15) is 14.9 Å². The van der Waals surface area contributed by atoms with Crippen molar-refractivity contribution in [3.63, 3.8) is 0 Å². The van der Waals surface area contributed by atoms with Crippen molar-refractivity contribution in [2.24, 2.45) is 0 Å². The summed E-state index contributed by atoms with van der Waals surface area (Å²) < 4.78 is 3.05. The molecule has 0 amide bonds. The van der Waals surface area contributed by atoms with E-state index >= 15 is 0 Å². The van der Waals surface area contributed by atoms with Gasteiger partial charge in [-0.1, -0.05) is 12.1 Å². The Balaban J connectivity index is 1.86. The normalized spacial score (nSPS) is 10.5. The van der Waals surface area contributed by atoms with Crippen molar-refractivity contribution in [3.05, 3.63) is 87.1 Å². The van der Waals surface area contributed by atoms with Crippen molar-refractivity contribution in [2.75, 3.05) is 0 Å². The molecule has 0 radical (unpaired) electrons. The lowest BCUT2D eigenvalue weighted by molar-refractivity contribution is -0.385. The highest BCUT2D eigenvalue weighted by Crippen LogP contribution is 2.11. The van der Waals surface area contributed by atoms with Gasteiger partial charge < -0.3 is 4.57 Å². The van der Waals surface area contributed by atoms with Crippen LogP contribution in [-0.4, -0.2) is 19.3 Å². The molecule has 0 unspecified atom stereocenters. The van der Waals surface area contributed by atoms with Crippen LogP contribution in [0.1, 0.15) is 5.56 Å².